The van der Waals surface area contributed by atoms with Crippen LogP contribution < -0.4 is 28.3 Å². The van der Waals surface area contributed by atoms with Gasteiger partial charge in [-0.2, -0.15) is 0 Å². The van der Waals surface area contributed by atoms with E-state index in [1.54, 1.807) is 0 Å². The van der Waals surface area contributed by atoms with E-state index < -0.39 is 110 Å². The molecule has 40 heavy (non-hydrogen) atoms. The predicted octanol–water partition coefficient (Wildman–Crippen LogP) is -8.16. The van der Waals surface area contributed by atoms with Gasteiger partial charge in [0.2, 0.25) is 0 Å². The van der Waals surface area contributed by atoms with Gasteiger partial charge in [0.1, 0.15) is 60.9 Å². The molecule has 3 rings (SSSR count). The summed E-state index contributed by atoms with van der Waals surface area (Å²) in [5.41, 5.74) is 19.4. The molecular weight excluding hydrogens is 542 g/mol. The van der Waals surface area contributed by atoms with Gasteiger partial charge in [-0.05, 0) is 14.0 Å². The first kappa shape index (κ1) is 32.2. The van der Waals surface area contributed by atoms with E-state index in [1.807, 2.05) is 0 Å². The van der Waals surface area contributed by atoms with Crippen LogP contribution in [0.2, 0.25) is 0 Å². The summed E-state index contributed by atoms with van der Waals surface area (Å²) < 4.78 is 22.9. The summed E-state index contributed by atoms with van der Waals surface area (Å²) in [6.07, 6.45) is -17.3. The van der Waals surface area contributed by atoms with E-state index in [1.165, 1.54) is 14.0 Å². The molecule has 2 heterocycles. The number of rotatable bonds is 9. The lowest BCUT2D eigenvalue weighted by molar-refractivity contribution is -0.314. The van der Waals surface area contributed by atoms with Crippen LogP contribution in [0.1, 0.15) is 6.92 Å². The van der Waals surface area contributed by atoms with Crippen molar-refractivity contribution in [3.05, 3.63) is 0 Å². The van der Waals surface area contributed by atoms with E-state index >= 15 is 0 Å². The lowest BCUT2D eigenvalue weighted by atomic mass is 9.81. The van der Waals surface area contributed by atoms with Gasteiger partial charge in [-0.25, -0.2) is 9.98 Å². The number of aldehydes is 1. The lowest BCUT2D eigenvalue weighted by Gasteiger charge is -2.45. The van der Waals surface area contributed by atoms with E-state index in [-0.39, 0.29) is 6.29 Å². The highest BCUT2D eigenvalue weighted by atomic mass is 16.8. The molecule has 1 aliphatic carbocycles. The first-order valence-electron chi connectivity index (χ1n) is 12.4. The first-order valence-corrected chi connectivity index (χ1v) is 12.4. The number of aliphatic imine (C=N–C) groups is 2. The smallest absolute Gasteiger partial charge is 0.188 e. The summed E-state index contributed by atoms with van der Waals surface area (Å²) in [6.45, 7) is 0.620. The fourth-order valence-electron chi connectivity index (χ4n) is 5.08. The fraction of sp³-hybridized carbons (Fsp3) is 0.857. The molecule has 16 N–H and O–H groups in total. The zero-order valence-corrected chi connectivity index (χ0v) is 21.7. The van der Waals surface area contributed by atoms with Gasteiger partial charge >= 0.3 is 0 Å². The highest BCUT2D eigenvalue weighted by Gasteiger charge is 2.60. The number of aliphatic hydroxyl groups excluding tert-OH is 6. The van der Waals surface area contributed by atoms with Crippen molar-refractivity contribution in [2.45, 2.75) is 98.2 Å². The van der Waals surface area contributed by atoms with Crippen LogP contribution in [0.25, 0.3) is 0 Å². The molecule has 19 heteroatoms. The number of aliphatic hydroxyl groups is 7. The molecule has 0 radical (unpaired) electrons. The van der Waals surface area contributed by atoms with Gasteiger partial charge in [-0.1, -0.05) is 0 Å². The van der Waals surface area contributed by atoms with E-state index in [0.29, 0.717) is 0 Å². The van der Waals surface area contributed by atoms with Gasteiger partial charge in [0, 0.05) is 0 Å². The standard InChI is InChI=1S/C21H39N7O12/c1-5-21(36,4-30)16(40-17-9(26-2)13(34)10(31)6(3-29)38-17)18(37-5)39-15-8(28-20(24)25)11(32)7(27-19(22)23)12(33)14(15)35/h4-18,26,29,31-36H,3H2,1-2H3,(H4,22,23,27)(H4,24,25,28)/t5-,6-,7-,8+,9-,10-,11-,12+,13-,14-,15+,16-,17-,18-,21+/m1/s1. The predicted molar refractivity (Wildman–Crippen MR) is 133 cm³/mol. The quantitative estimate of drug-likeness (QED) is 0.0682. The lowest BCUT2D eigenvalue weighted by Crippen LogP contribution is -2.66. The molecule has 0 unspecified atom stereocenters. The van der Waals surface area contributed by atoms with Crippen molar-refractivity contribution in [3.63, 3.8) is 0 Å². The van der Waals surface area contributed by atoms with Crippen LogP contribution in [0.5, 0.6) is 0 Å². The molecule has 3 aliphatic rings. The monoisotopic (exact) mass is 581 g/mol. The molecule has 0 aromatic carbocycles. The topological polar surface area (TPSA) is 336 Å². The van der Waals surface area contributed by atoms with Crippen molar-refractivity contribution >= 4 is 18.2 Å². The molecular formula is C21H39N7O12. The van der Waals surface area contributed by atoms with Gasteiger partial charge in [0.05, 0.1) is 18.8 Å². The number of carbonyl (C=O) groups is 1. The summed E-state index contributed by atoms with van der Waals surface area (Å²) in [6, 6.07) is -4.08. The normalized spacial score (nSPS) is 47.4. The van der Waals surface area contributed by atoms with Crippen molar-refractivity contribution in [2.24, 2.45) is 32.9 Å². The van der Waals surface area contributed by atoms with Gasteiger partial charge in [-0.3, -0.25) is 4.79 Å². The van der Waals surface area contributed by atoms with Crippen LogP contribution >= 0.6 is 0 Å². The molecule has 0 spiro atoms. The molecule has 0 amide bonds. The van der Waals surface area contributed by atoms with Gasteiger partial charge < -0.3 is 82.9 Å². The number of ether oxygens (including phenoxy) is 4. The number of nitrogens with one attached hydrogen (secondary N) is 1. The molecule has 19 nitrogen and oxygen atoms in total. The van der Waals surface area contributed by atoms with Crippen molar-refractivity contribution in [3.8, 4) is 0 Å². The Morgan fingerprint density at radius 1 is 0.900 bits per heavy atom. The van der Waals surface area contributed by atoms with Crippen LogP contribution in [0.3, 0.4) is 0 Å². The molecule has 0 bridgehead atoms. The first-order chi connectivity index (χ1) is 18.7. The van der Waals surface area contributed by atoms with Gasteiger partial charge in [-0.15, -0.1) is 0 Å². The van der Waals surface area contributed by atoms with Crippen molar-refractivity contribution < 1.29 is 59.5 Å². The van der Waals surface area contributed by atoms with Crippen molar-refractivity contribution in [1.82, 2.24) is 5.32 Å². The third-order valence-electron chi connectivity index (χ3n) is 7.34. The zero-order chi connectivity index (χ0) is 30.1. The Morgan fingerprint density at radius 2 is 1.50 bits per heavy atom. The number of nitrogens with zero attached hydrogens (tertiary/aromatic N) is 2. The molecule has 0 aromatic heterocycles. The Balaban J connectivity index is 1.96. The van der Waals surface area contributed by atoms with Gasteiger partial charge in [0.15, 0.2) is 36.4 Å². The molecule has 2 saturated heterocycles. The second kappa shape index (κ2) is 12.7. The Hall–Kier alpha value is -2.27. The number of likely N-dealkylation sites (N-methyl/N-ethyl adjacent to an activating group) is 1. The van der Waals surface area contributed by atoms with Gasteiger partial charge in [0.25, 0.3) is 0 Å². The molecule has 15 atom stereocenters. The Morgan fingerprint density at radius 3 is 2.02 bits per heavy atom. The molecule has 230 valence electrons. The van der Waals surface area contributed by atoms with Crippen LogP contribution in [0, 0.1) is 0 Å². The number of hydrogen-bond acceptors (Lipinski definition) is 15. The van der Waals surface area contributed by atoms with Crippen LogP contribution in [-0.2, 0) is 23.7 Å². The van der Waals surface area contributed by atoms with Crippen LogP contribution in [0.15, 0.2) is 9.98 Å². The molecule has 0 aromatic rings. The summed E-state index contributed by atoms with van der Waals surface area (Å²) in [5.74, 6) is -1.03. The van der Waals surface area contributed by atoms with Crippen molar-refractivity contribution in [1.29, 1.82) is 0 Å². The van der Waals surface area contributed by atoms with E-state index in [0.717, 1.165) is 0 Å². The largest absolute Gasteiger partial charge is 0.394 e. The van der Waals surface area contributed by atoms with E-state index in [9.17, 15) is 40.5 Å². The summed E-state index contributed by atoms with van der Waals surface area (Å²) >= 11 is 0. The van der Waals surface area contributed by atoms with E-state index in [2.05, 4.69) is 15.3 Å². The Labute approximate surface area is 228 Å². The summed E-state index contributed by atoms with van der Waals surface area (Å²) in [4.78, 5) is 19.7. The summed E-state index contributed by atoms with van der Waals surface area (Å²) in [5, 5.41) is 76.6. The van der Waals surface area contributed by atoms with Crippen LogP contribution in [-0.4, -0.2) is 159 Å². The van der Waals surface area contributed by atoms with Crippen molar-refractivity contribution in [2.75, 3.05) is 13.7 Å². The summed E-state index contributed by atoms with van der Waals surface area (Å²) in [7, 11) is 1.42. The maximum Gasteiger partial charge on any atom is 0.188 e. The minimum absolute atomic E-state index is 0.140. The van der Waals surface area contributed by atoms with Crippen LogP contribution in [0.4, 0.5) is 0 Å². The molecule has 1 saturated carbocycles. The molecule has 3 fully saturated rings. The highest BCUT2D eigenvalue weighted by molar-refractivity contribution is 5.76. The second-order valence-corrected chi connectivity index (χ2v) is 9.89. The SMILES string of the molecule is CN[C@H]1[C@@H](O[C@@H]2[C@@H](O[C@@H]3[C@H](O)[C@@H](O)[C@H](N=C(N)N)[C@@H](O)[C@@H]3N=C(N)N)O[C@H](C)[C@@]2(O)C=O)O[C@H](CO)[C@@H](O)[C@@H]1O. The maximum absolute atomic E-state index is 12.1. The third kappa shape index (κ3) is 6.00. The number of nitrogens with two attached hydrogens (primary N) is 4. The number of hydrogen-bond donors (Lipinski definition) is 12. The Kier molecular flexibility index (Phi) is 10.2. The molecule has 2 aliphatic heterocycles. The maximum atomic E-state index is 12.1. The fourth-order valence-corrected chi connectivity index (χ4v) is 5.08. The second-order valence-electron chi connectivity index (χ2n) is 9.89. The average Bonchev–Trinajstić information content (AvgIpc) is 3.13. The number of guanidine groups is 2. The third-order valence-corrected chi connectivity index (χ3v) is 7.34. The minimum Gasteiger partial charge on any atom is -0.394 e. The minimum atomic E-state index is -2.38. The van der Waals surface area contributed by atoms with E-state index in [4.69, 9.17) is 41.9 Å². The zero-order valence-electron chi connectivity index (χ0n) is 21.7. The average molecular weight is 582 g/mol. The Bertz CT molecular complexity index is 940. The number of carbonyl (C=O) groups excluding carboxylic acids is 1. The highest BCUT2D eigenvalue weighted by Crippen LogP contribution is 2.38.